The molecule has 0 aliphatic carbocycles. The molecule has 10 nitrogen and oxygen atoms in total. The highest BCUT2D eigenvalue weighted by molar-refractivity contribution is 5.82. The predicted molar refractivity (Wildman–Crippen MR) is 106 cm³/mol. The Morgan fingerprint density at radius 2 is 2.00 bits per heavy atom. The second-order valence-corrected chi connectivity index (χ2v) is 6.12. The number of hydrogen-bond donors (Lipinski definition) is 2. The van der Waals surface area contributed by atoms with Crippen LogP contribution in [0.1, 0.15) is 18.3 Å². The molecule has 2 heterocycles. The molecule has 0 saturated carbocycles. The standard InChI is InChI=1S/C19H17N9O/c1-3-29-15-6-4-14(5-7-15)28-24-17-8-12(2)16(9-18(17)25-28)21-11-13(10-20)19-22-26-27-23-19/h4-9,11,21H,3H2,1-2H3,(H,22,23,26,27). The first kappa shape index (κ1) is 18.1. The monoisotopic (exact) mass is 387 g/mol. The first-order valence-electron chi connectivity index (χ1n) is 8.89. The number of hydrogen-bond acceptors (Lipinski definition) is 8. The maximum absolute atomic E-state index is 9.28. The summed E-state index contributed by atoms with van der Waals surface area (Å²) in [5.41, 5.74) is 4.34. The molecule has 0 saturated heterocycles. The van der Waals surface area contributed by atoms with E-state index in [9.17, 15) is 5.26 Å². The van der Waals surface area contributed by atoms with E-state index in [1.54, 1.807) is 4.80 Å². The summed E-state index contributed by atoms with van der Waals surface area (Å²) < 4.78 is 5.47. The van der Waals surface area contributed by atoms with Crippen LogP contribution >= 0.6 is 0 Å². The molecule has 2 N–H and O–H groups in total. The zero-order valence-electron chi connectivity index (χ0n) is 15.8. The highest BCUT2D eigenvalue weighted by Gasteiger charge is 2.10. The number of allylic oxidation sites excluding steroid dienone is 1. The van der Waals surface area contributed by atoms with E-state index in [1.807, 2.05) is 56.3 Å². The van der Waals surface area contributed by atoms with Crippen LogP contribution in [-0.4, -0.2) is 42.2 Å². The predicted octanol–water partition coefficient (Wildman–Crippen LogP) is 2.62. The Hall–Kier alpha value is -4.26. The molecule has 0 spiro atoms. The number of rotatable bonds is 6. The van der Waals surface area contributed by atoms with Crippen LogP contribution in [0.5, 0.6) is 5.75 Å². The molecule has 4 aromatic rings. The second kappa shape index (κ2) is 7.77. The maximum Gasteiger partial charge on any atom is 0.216 e. The third kappa shape index (κ3) is 3.74. The topological polar surface area (TPSA) is 130 Å². The van der Waals surface area contributed by atoms with Crippen molar-refractivity contribution >= 4 is 22.3 Å². The summed E-state index contributed by atoms with van der Waals surface area (Å²) in [5.74, 6) is 1.03. The molecule has 0 unspecified atom stereocenters. The van der Waals surface area contributed by atoms with Gasteiger partial charge in [0.25, 0.3) is 0 Å². The van der Waals surface area contributed by atoms with Crippen LogP contribution in [0.3, 0.4) is 0 Å². The van der Waals surface area contributed by atoms with Gasteiger partial charge < -0.3 is 10.1 Å². The smallest absolute Gasteiger partial charge is 0.216 e. The van der Waals surface area contributed by atoms with Crippen molar-refractivity contribution in [2.45, 2.75) is 13.8 Å². The van der Waals surface area contributed by atoms with Gasteiger partial charge in [0.2, 0.25) is 5.82 Å². The number of aryl methyl sites for hydroxylation is 1. The lowest BCUT2D eigenvalue weighted by atomic mass is 10.1. The van der Waals surface area contributed by atoms with E-state index in [2.05, 4.69) is 36.1 Å². The van der Waals surface area contributed by atoms with Gasteiger partial charge in [0.15, 0.2) is 0 Å². The Morgan fingerprint density at radius 1 is 1.24 bits per heavy atom. The van der Waals surface area contributed by atoms with Gasteiger partial charge in [-0.05, 0) is 61.0 Å². The zero-order chi connectivity index (χ0) is 20.2. The number of aromatic nitrogens is 7. The van der Waals surface area contributed by atoms with Crippen molar-refractivity contribution in [1.82, 2.24) is 35.6 Å². The molecule has 0 fully saturated rings. The van der Waals surface area contributed by atoms with E-state index >= 15 is 0 Å². The Labute approximate surface area is 165 Å². The van der Waals surface area contributed by atoms with Crippen molar-refractivity contribution in [2.75, 3.05) is 11.9 Å². The third-order valence-electron chi connectivity index (χ3n) is 4.18. The van der Waals surface area contributed by atoms with E-state index in [4.69, 9.17) is 4.74 Å². The lowest BCUT2D eigenvalue weighted by Crippen LogP contribution is -1.98. The first-order valence-corrected chi connectivity index (χ1v) is 8.89. The van der Waals surface area contributed by atoms with Crippen LogP contribution in [0.15, 0.2) is 42.6 Å². The number of aromatic amines is 1. The quantitative estimate of drug-likeness (QED) is 0.483. The van der Waals surface area contributed by atoms with Crippen molar-refractivity contribution in [2.24, 2.45) is 0 Å². The van der Waals surface area contributed by atoms with Crippen molar-refractivity contribution in [3.05, 3.63) is 54.0 Å². The second-order valence-electron chi connectivity index (χ2n) is 6.12. The number of fused-ring (bicyclic) bond motifs is 1. The number of ether oxygens (including phenoxy) is 1. The minimum Gasteiger partial charge on any atom is -0.494 e. The lowest BCUT2D eigenvalue weighted by molar-refractivity contribution is 0.340. The van der Waals surface area contributed by atoms with Crippen molar-refractivity contribution in [3.63, 3.8) is 0 Å². The van der Waals surface area contributed by atoms with Gasteiger partial charge in [-0.1, -0.05) is 0 Å². The number of nitrogens with one attached hydrogen (secondary N) is 2. The minimum absolute atomic E-state index is 0.222. The highest BCUT2D eigenvalue weighted by atomic mass is 16.5. The number of H-pyrrole nitrogens is 1. The zero-order valence-corrected chi connectivity index (χ0v) is 15.8. The molecule has 4 rings (SSSR count). The van der Waals surface area contributed by atoms with Crippen LogP contribution in [0, 0.1) is 18.3 Å². The van der Waals surface area contributed by atoms with E-state index < -0.39 is 0 Å². The molecule has 0 amide bonds. The van der Waals surface area contributed by atoms with E-state index in [0.717, 1.165) is 33.7 Å². The minimum atomic E-state index is 0.222. The fourth-order valence-electron chi connectivity index (χ4n) is 2.75. The van der Waals surface area contributed by atoms with Gasteiger partial charge in [-0.3, -0.25) is 0 Å². The third-order valence-corrected chi connectivity index (χ3v) is 4.18. The van der Waals surface area contributed by atoms with E-state index in [-0.39, 0.29) is 11.4 Å². The van der Waals surface area contributed by atoms with E-state index in [0.29, 0.717) is 6.61 Å². The Balaban J connectivity index is 1.62. The summed E-state index contributed by atoms with van der Waals surface area (Å²) in [6.07, 6.45) is 1.54. The molecular formula is C19H17N9O. The molecule has 29 heavy (non-hydrogen) atoms. The van der Waals surface area contributed by atoms with Crippen molar-refractivity contribution in [3.8, 4) is 17.5 Å². The van der Waals surface area contributed by atoms with Crippen molar-refractivity contribution in [1.29, 1.82) is 5.26 Å². The number of benzene rings is 2. The molecule has 0 radical (unpaired) electrons. The molecule has 2 aromatic heterocycles. The summed E-state index contributed by atoms with van der Waals surface area (Å²) in [5, 5.41) is 34.9. The van der Waals surface area contributed by atoms with Crippen LogP contribution in [0.4, 0.5) is 5.69 Å². The van der Waals surface area contributed by atoms with Gasteiger partial charge in [-0.2, -0.15) is 15.3 Å². The van der Waals surface area contributed by atoms with Crippen LogP contribution in [0.25, 0.3) is 22.3 Å². The average Bonchev–Trinajstić information content (AvgIpc) is 3.39. The summed E-state index contributed by atoms with van der Waals surface area (Å²) in [6.45, 7) is 4.51. The van der Waals surface area contributed by atoms with Crippen LogP contribution in [0.2, 0.25) is 0 Å². The summed E-state index contributed by atoms with van der Waals surface area (Å²) in [6, 6.07) is 13.4. The fourth-order valence-corrected chi connectivity index (χ4v) is 2.75. The molecule has 10 heteroatoms. The summed E-state index contributed by atoms with van der Waals surface area (Å²) >= 11 is 0. The van der Waals surface area contributed by atoms with Gasteiger partial charge in [-0.15, -0.1) is 20.4 Å². The van der Waals surface area contributed by atoms with Gasteiger partial charge >= 0.3 is 0 Å². The Bertz CT molecular complexity index is 1200. The van der Waals surface area contributed by atoms with Crippen molar-refractivity contribution < 1.29 is 4.74 Å². The van der Waals surface area contributed by atoms with E-state index in [1.165, 1.54) is 6.20 Å². The highest BCUT2D eigenvalue weighted by Crippen LogP contribution is 2.23. The summed E-state index contributed by atoms with van der Waals surface area (Å²) in [4.78, 5) is 1.58. The number of nitriles is 1. The molecular weight excluding hydrogens is 370 g/mol. The molecule has 0 aliphatic rings. The molecule has 0 atom stereocenters. The summed E-state index contributed by atoms with van der Waals surface area (Å²) in [7, 11) is 0. The largest absolute Gasteiger partial charge is 0.494 e. The van der Waals surface area contributed by atoms with Crippen LogP contribution in [-0.2, 0) is 0 Å². The average molecular weight is 387 g/mol. The molecule has 0 aliphatic heterocycles. The fraction of sp³-hybridized carbons (Fsp3) is 0.158. The molecule has 144 valence electrons. The first-order chi connectivity index (χ1) is 14.2. The van der Waals surface area contributed by atoms with Gasteiger partial charge in [0.1, 0.15) is 28.4 Å². The van der Waals surface area contributed by atoms with Crippen LogP contribution < -0.4 is 10.1 Å². The molecule has 0 bridgehead atoms. The maximum atomic E-state index is 9.28. The van der Waals surface area contributed by atoms with Gasteiger partial charge in [0.05, 0.1) is 12.3 Å². The Kier molecular flexibility index (Phi) is 4.86. The SMILES string of the molecule is CCOc1ccc(-n2nc3cc(C)c(NC=C(C#N)c4nn[nH]n4)cc3n2)cc1. The normalized spacial score (nSPS) is 11.4. The lowest BCUT2D eigenvalue weighted by Gasteiger charge is -2.05. The van der Waals surface area contributed by atoms with Gasteiger partial charge in [0, 0.05) is 11.9 Å². The number of nitrogens with zero attached hydrogens (tertiary/aromatic N) is 7. The molecule has 2 aromatic carbocycles. The number of tetrazole rings is 1. The number of anilines is 1. The van der Waals surface area contributed by atoms with Gasteiger partial charge in [-0.25, -0.2) is 0 Å². The Morgan fingerprint density at radius 3 is 2.66 bits per heavy atom.